The first-order valence-corrected chi connectivity index (χ1v) is 7.08. The monoisotopic (exact) mass is 357 g/mol. The second kappa shape index (κ2) is 4.46. The Morgan fingerprint density at radius 1 is 1.37 bits per heavy atom. The average molecular weight is 358 g/mol. The predicted molar refractivity (Wildman–Crippen MR) is 66.1 cm³/mol. The third kappa shape index (κ3) is 2.90. The van der Waals surface area contributed by atoms with E-state index in [1.165, 1.54) is 18.2 Å². The van der Waals surface area contributed by atoms with Gasteiger partial charge < -0.3 is 0 Å². The molecular weight excluding hydrogens is 351 g/mol. The maximum absolute atomic E-state index is 12.3. The molecule has 0 saturated heterocycles. The van der Waals surface area contributed by atoms with E-state index in [0.29, 0.717) is 9.48 Å². The van der Waals surface area contributed by atoms with Crippen LogP contribution in [0.15, 0.2) is 32.0 Å². The molecule has 2 rings (SSSR count). The van der Waals surface area contributed by atoms with E-state index in [2.05, 4.69) is 20.3 Å². The van der Waals surface area contributed by atoms with Crippen LogP contribution >= 0.6 is 15.9 Å². The minimum Gasteiger partial charge on any atom is -0.263 e. The van der Waals surface area contributed by atoms with Crippen molar-refractivity contribution in [2.45, 2.75) is 17.5 Å². The van der Waals surface area contributed by atoms with Gasteiger partial charge in [-0.1, -0.05) is 15.9 Å². The van der Waals surface area contributed by atoms with Crippen LogP contribution in [0.2, 0.25) is 0 Å². The van der Waals surface area contributed by atoms with E-state index in [1.54, 1.807) is 0 Å². The molecule has 1 aromatic carbocycles. The zero-order chi connectivity index (χ0) is 14.4. The lowest BCUT2D eigenvalue weighted by atomic mass is 10.3. The van der Waals surface area contributed by atoms with Crippen LogP contribution in [0.4, 0.5) is 18.9 Å². The first kappa shape index (κ1) is 14.3. The van der Waals surface area contributed by atoms with Crippen LogP contribution in [-0.4, -0.2) is 20.4 Å². The van der Waals surface area contributed by atoms with Gasteiger partial charge in [-0.15, -0.1) is 4.40 Å². The van der Waals surface area contributed by atoms with Gasteiger partial charge in [-0.25, -0.2) is 5.84 Å². The van der Waals surface area contributed by atoms with E-state index in [4.69, 9.17) is 5.84 Å². The summed E-state index contributed by atoms with van der Waals surface area (Å²) in [5, 5.41) is 0.635. The summed E-state index contributed by atoms with van der Waals surface area (Å²) in [7, 11) is -4.18. The molecule has 1 heterocycles. The van der Waals surface area contributed by atoms with Crippen molar-refractivity contribution in [3.8, 4) is 0 Å². The van der Waals surface area contributed by atoms with Gasteiger partial charge in [-0.05, 0) is 18.2 Å². The molecule has 2 N–H and O–H groups in total. The van der Waals surface area contributed by atoms with Crippen LogP contribution in [-0.2, 0) is 10.0 Å². The first-order valence-electron chi connectivity index (χ1n) is 4.85. The molecule has 0 spiro atoms. The van der Waals surface area contributed by atoms with E-state index >= 15 is 0 Å². The molecule has 104 valence electrons. The molecular formula is C9H7BrF3N3O2S. The summed E-state index contributed by atoms with van der Waals surface area (Å²) in [6, 6.07) is 4.02. The Bertz CT molecular complexity index is 657. The first-order chi connectivity index (χ1) is 8.60. The number of alkyl halides is 3. The summed E-state index contributed by atoms with van der Waals surface area (Å²) >= 11 is 3.07. The van der Waals surface area contributed by atoms with E-state index in [0.717, 1.165) is 0 Å². The van der Waals surface area contributed by atoms with Crippen LogP contribution in [0.3, 0.4) is 0 Å². The van der Waals surface area contributed by atoms with Gasteiger partial charge in [0.2, 0.25) is 0 Å². The lowest BCUT2D eigenvalue weighted by molar-refractivity contribution is -0.121. The molecule has 0 radical (unpaired) electrons. The number of hydrogen-bond donors (Lipinski definition) is 1. The molecule has 0 unspecified atom stereocenters. The second-order valence-electron chi connectivity index (χ2n) is 3.76. The molecule has 5 nitrogen and oxygen atoms in total. The van der Waals surface area contributed by atoms with Crippen LogP contribution in [0, 0.1) is 0 Å². The van der Waals surface area contributed by atoms with E-state index in [-0.39, 0.29) is 10.6 Å². The van der Waals surface area contributed by atoms with Crippen molar-refractivity contribution < 1.29 is 21.6 Å². The normalized spacial score (nSPS) is 17.9. The third-order valence-electron chi connectivity index (χ3n) is 2.32. The molecule has 0 fully saturated rings. The lowest BCUT2D eigenvalue weighted by Crippen LogP contribution is -2.43. The lowest BCUT2D eigenvalue weighted by Gasteiger charge is -2.27. The number of anilines is 1. The highest BCUT2D eigenvalue weighted by molar-refractivity contribution is 9.10. The third-order valence-corrected chi connectivity index (χ3v) is 4.15. The maximum atomic E-state index is 12.3. The van der Waals surface area contributed by atoms with Gasteiger partial charge in [0.15, 0.2) is 0 Å². The summed E-state index contributed by atoms with van der Waals surface area (Å²) in [6.45, 7) is 0. The Morgan fingerprint density at radius 3 is 2.58 bits per heavy atom. The molecule has 1 aliphatic rings. The topological polar surface area (TPSA) is 75.8 Å². The molecule has 1 aromatic rings. The number of sulfonamides is 1. The fourth-order valence-electron chi connectivity index (χ4n) is 1.56. The van der Waals surface area contributed by atoms with Gasteiger partial charge in [0.05, 0.1) is 5.69 Å². The molecule has 1 aliphatic heterocycles. The van der Waals surface area contributed by atoms with Gasteiger partial charge in [-0.2, -0.15) is 21.6 Å². The number of benzene rings is 1. The number of nitrogens with two attached hydrogens (primary N) is 1. The number of rotatable bonds is 1. The Kier molecular flexibility index (Phi) is 3.35. The molecule has 0 aliphatic carbocycles. The summed E-state index contributed by atoms with van der Waals surface area (Å²) in [5.41, 5.74) is -0.0440. The van der Waals surface area contributed by atoms with Crippen molar-refractivity contribution in [1.29, 1.82) is 0 Å². The van der Waals surface area contributed by atoms with Crippen LogP contribution < -0.4 is 10.9 Å². The minimum atomic E-state index is -4.60. The zero-order valence-electron chi connectivity index (χ0n) is 9.15. The Balaban J connectivity index is 2.56. The number of hydrogen-bond acceptors (Lipinski definition) is 4. The predicted octanol–water partition coefficient (Wildman–Crippen LogP) is 2.18. The van der Waals surface area contributed by atoms with Crippen LogP contribution in [0.5, 0.6) is 0 Å². The SMILES string of the molecule is NN1C(CC(F)(F)F)=NS(=O)(=O)c2cc(Br)ccc21. The number of halogens is 4. The van der Waals surface area contributed by atoms with E-state index in [1.807, 2.05) is 0 Å². The van der Waals surface area contributed by atoms with Crippen molar-refractivity contribution in [2.24, 2.45) is 10.2 Å². The zero-order valence-corrected chi connectivity index (χ0v) is 11.6. The van der Waals surface area contributed by atoms with E-state index in [9.17, 15) is 21.6 Å². The number of fused-ring (bicyclic) bond motifs is 1. The highest BCUT2D eigenvalue weighted by Crippen LogP contribution is 2.34. The van der Waals surface area contributed by atoms with E-state index < -0.39 is 28.5 Å². The fraction of sp³-hybridized carbons (Fsp3) is 0.222. The largest absolute Gasteiger partial charge is 0.396 e. The maximum Gasteiger partial charge on any atom is 0.396 e. The summed E-state index contributed by atoms with van der Waals surface area (Å²) < 4.78 is 64.2. The van der Waals surface area contributed by atoms with Crippen LogP contribution in [0.25, 0.3) is 0 Å². The summed E-state index contributed by atoms with van der Waals surface area (Å²) in [5.74, 6) is 4.73. The average Bonchev–Trinajstić information content (AvgIpc) is 2.23. The Hall–Kier alpha value is -1.13. The molecule has 0 aromatic heterocycles. The fourth-order valence-corrected chi connectivity index (χ4v) is 3.31. The Labute approximate surface area is 115 Å². The standard InChI is InChI=1S/C9H7BrF3N3O2S/c10-5-1-2-6-7(3-5)19(17,18)15-8(16(6)14)4-9(11,12)13/h1-3H,4,14H2. The number of amidine groups is 1. The smallest absolute Gasteiger partial charge is 0.263 e. The van der Waals surface area contributed by atoms with Crippen molar-refractivity contribution in [3.63, 3.8) is 0 Å². The van der Waals surface area contributed by atoms with Crippen molar-refractivity contribution >= 4 is 37.5 Å². The molecule has 0 amide bonds. The highest BCUT2D eigenvalue weighted by atomic mass is 79.9. The van der Waals surface area contributed by atoms with Crippen molar-refractivity contribution in [3.05, 3.63) is 22.7 Å². The second-order valence-corrected chi connectivity index (χ2v) is 6.24. The van der Waals surface area contributed by atoms with Gasteiger partial charge in [0.25, 0.3) is 10.0 Å². The van der Waals surface area contributed by atoms with Gasteiger partial charge in [-0.3, -0.25) is 5.01 Å². The van der Waals surface area contributed by atoms with Crippen molar-refractivity contribution in [2.75, 3.05) is 5.01 Å². The van der Waals surface area contributed by atoms with Gasteiger partial charge in [0, 0.05) is 4.47 Å². The van der Waals surface area contributed by atoms with Gasteiger partial charge in [0.1, 0.15) is 17.2 Å². The van der Waals surface area contributed by atoms with Crippen molar-refractivity contribution in [1.82, 2.24) is 0 Å². The van der Waals surface area contributed by atoms with Gasteiger partial charge >= 0.3 is 6.18 Å². The van der Waals surface area contributed by atoms with Crippen LogP contribution in [0.1, 0.15) is 6.42 Å². The minimum absolute atomic E-state index is 0.0440. The number of hydrazine groups is 1. The molecule has 0 bridgehead atoms. The molecule has 10 heteroatoms. The number of nitrogens with zero attached hydrogens (tertiary/aromatic N) is 2. The Morgan fingerprint density at radius 2 is 2.00 bits per heavy atom. The molecule has 19 heavy (non-hydrogen) atoms. The highest BCUT2D eigenvalue weighted by Gasteiger charge is 2.37. The summed E-state index contributed by atoms with van der Waals surface area (Å²) in [6.07, 6.45) is -6.11. The summed E-state index contributed by atoms with van der Waals surface area (Å²) in [4.78, 5) is -0.240. The quantitative estimate of drug-likeness (QED) is 0.781. The molecule has 0 atom stereocenters. The molecule has 0 saturated carbocycles.